The number of hydrogen-bond donors (Lipinski definition) is 0. The monoisotopic (exact) mass is 251 g/mol. The van der Waals surface area contributed by atoms with E-state index in [1.165, 1.54) is 0 Å². The Balaban J connectivity index is 2.28. The molecule has 1 heterocycles. The average molecular weight is 251 g/mol. The molecule has 96 valence electrons. The molecule has 1 aliphatic rings. The van der Waals surface area contributed by atoms with Crippen LogP contribution in [-0.2, 0) is 14.9 Å². The summed E-state index contributed by atoms with van der Waals surface area (Å²) < 4.78 is 37.7. The molecule has 0 amide bonds. The van der Waals surface area contributed by atoms with Crippen molar-refractivity contribution in [1.82, 2.24) is 0 Å². The third-order valence-corrected chi connectivity index (χ3v) is 4.16. The number of ether oxygens (including phenoxy) is 1. The van der Waals surface area contributed by atoms with Crippen molar-refractivity contribution in [3.8, 4) is 0 Å². The zero-order valence-electron chi connectivity index (χ0n) is 9.85. The average Bonchev–Trinajstić information content (AvgIpc) is 2.25. The second-order valence-electron chi connectivity index (χ2n) is 4.41. The quantitative estimate of drug-likeness (QED) is 0.384. The van der Waals surface area contributed by atoms with Gasteiger partial charge in [-0.05, 0) is 19.8 Å². The molecule has 0 aromatic rings. The maximum atomic E-state index is 10.5. The van der Waals surface area contributed by atoms with Gasteiger partial charge in [-0.15, -0.1) is 0 Å². The van der Waals surface area contributed by atoms with Crippen molar-refractivity contribution in [3.63, 3.8) is 0 Å². The standard InChI is InChI=1S/C10H21NO4S/c1-2-11(6-8-15-9-7-11)5-3-4-10-16(12,13)14/h2-10H2,1H3. The topological polar surface area (TPSA) is 66.4 Å². The van der Waals surface area contributed by atoms with Gasteiger partial charge >= 0.3 is 0 Å². The molecular weight excluding hydrogens is 230 g/mol. The Kier molecular flexibility index (Phi) is 5.17. The number of quaternary nitrogens is 1. The molecule has 6 heteroatoms. The fourth-order valence-electron chi connectivity index (χ4n) is 2.15. The molecule has 1 aliphatic heterocycles. The molecule has 5 nitrogen and oxygen atoms in total. The number of hydrogen-bond acceptors (Lipinski definition) is 4. The second-order valence-corrected chi connectivity index (χ2v) is 5.93. The number of rotatable bonds is 6. The maximum absolute atomic E-state index is 10.5. The summed E-state index contributed by atoms with van der Waals surface area (Å²) in [6.45, 7) is 7.72. The zero-order valence-corrected chi connectivity index (χ0v) is 10.7. The van der Waals surface area contributed by atoms with Gasteiger partial charge in [0.05, 0.1) is 36.4 Å². The molecule has 0 N–H and O–H groups in total. The van der Waals surface area contributed by atoms with Crippen LogP contribution in [0.1, 0.15) is 19.8 Å². The normalized spacial score (nSPS) is 20.9. The zero-order chi connectivity index (χ0) is 12.1. The van der Waals surface area contributed by atoms with Crippen LogP contribution >= 0.6 is 0 Å². The summed E-state index contributed by atoms with van der Waals surface area (Å²) in [5.74, 6) is -0.229. The summed E-state index contributed by atoms with van der Waals surface area (Å²) >= 11 is 0. The van der Waals surface area contributed by atoms with E-state index in [4.69, 9.17) is 4.74 Å². The van der Waals surface area contributed by atoms with Crippen LogP contribution in [0.3, 0.4) is 0 Å². The van der Waals surface area contributed by atoms with E-state index in [-0.39, 0.29) is 5.75 Å². The van der Waals surface area contributed by atoms with Gasteiger partial charge in [0.25, 0.3) is 0 Å². The van der Waals surface area contributed by atoms with E-state index >= 15 is 0 Å². The van der Waals surface area contributed by atoms with Gasteiger partial charge in [-0.3, -0.25) is 0 Å². The van der Waals surface area contributed by atoms with E-state index in [2.05, 4.69) is 6.92 Å². The molecule has 16 heavy (non-hydrogen) atoms. The highest BCUT2D eigenvalue weighted by atomic mass is 32.2. The highest BCUT2D eigenvalue weighted by molar-refractivity contribution is 7.85. The first kappa shape index (κ1) is 13.9. The smallest absolute Gasteiger partial charge is 0.102 e. The van der Waals surface area contributed by atoms with Crippen LogP contribution in [0.4, 0.5) is 0 Å². The van der Waals surface area contributed by atoms with Crippen molar-refractivity contribution >= 4 is 10.1 Å². The molecule has 0 unspecified atom stereocenters. The lowest BCUT2D eigenvalue weighted by Crippen LogP contribution is -2.55. The number of likely N-dealkylation sites (N-methyl/N-ethyl adjacent to an activating group) is 1. The number of morpholine rings is 1. The number of nitrogens with zero attached hydrogens (tertiary/aromatic N) is 1. The highest BCUT2D eigenvalue weighted by Gasteiger charge is 2.27. The molecule has 1 fully saturated rings. The molecule has 0 spiro atoms. The Morgan fingerprint density at radius 2 is 1.88 bits per heavy atom. The van der Waals surface area contributed by atoms with Gasteiger partial charge in [-0.2, -0.15) is 0 Å². The lowest BCUT2D eigenvalue weighted by atomic mass is 10.2. The summed E-state index contributed by atoms with van der Waals surface area (Å²) in [6, 6.07) is 0. The van der Waals surface area contributed by atoms with E-state index in [1.807, 2.05) is 0 Å². The maximum Gasteiger partial charge on any atom is 0.102 e. The van der Waals surface area contributed by atoms with Crippen LogP contribution in [0, 0.1) is 0 Å². The van der Waals surface area contributed by atoms with Crippen molar-refractivity contribution in [1.29, 1.82) is 0 Å². The van der Waals surface area contributed by atoms with Crippen LogP contribution < -0.4 is 0 Å². The van der Waals surface area contributed by atoms with E-state index in [1.54, 1.807) is 0 Å². The molecule has 0 aromatic heterocycles. The minimum atomic E-state index is -4.04. The van der Waals surface area contributed by atoms with Crippen molar-refractivity contribution in [2.45, 2.75) is 19.8 Å². The molecule has 0 saturated carbocycles. The summed E-state index contributed by atoms with van der Waals surface area (Å²) in [5.41, 5.74) is 0. The minimum Gasteiger partial charge on any atom is -0.748 e. The summed E-state index contributed by atoms with van der Waals surface area (Å²) in [6.07, 6.45) is 1.28. The SMILES string of the molecule is CC[N+]1(CCCCS(=O)(=O)[O-])CCOCC1. The molecule has 1 rings (SSSR count). The predicted octanol–water partition coefficient (Wildman–Crippen LogP) is 0.179. The van der Waals surface area contributed by atoms with Gasteiger partial charge in [-0.25, -0.2) is 8.42 Å². The number of unbranched alkanes of at least 4 members (excludes halogenated alkanes) is 1. The Hall–Kier alpha value is -0.170. The van der Waals surface area contributed by atoms with Gasteiger partial charge in [0.1, 0.15) is 13.1 Å². The Labute approximate surface area is 97.7 Å². The Bertz CT molecular complexity index is 296. The lowest BCUT2D eigenvalue weighted by Gasteiger charge is -2.40. The molecule has 1 saturated heterocycles. The van der Waals surface area contributed by atoms with Crippen LogP contribution in [0.25, 0.3) is 0 Å². The van der Waals surface area contributed by atoms with Crippen molar-refractivity contribution in [2.75, 3.05) is 45.1 Å². The second kappa shape index (κ2) is 5.95. The van der Waals surface area contributed by atoms with Gasteiger partial charge in [-0.1, -0.05) is 0 Å². The predicted molar refractivity (Wildman–Crippen MR) is 60.0 cm³/mol. The summed E-state index contributed by atoms with van der Waals surface area (Å²) in [5, 5.41) is 0. The van der Waals surface area contributed by atoms with Crippen molar-refractivity contribution < 1.29 is 22.2 Å². The molecular formula is C10H21NO4S. The summed E-state index contributed by atoms with van der Waals surface area (Å²) in [4.78, 5) is 0. The summed E-state index contributed by atoms with van der Waals surface area (Å²) in [7, 11) is -4.04. The Morgan fingerprint density at radius 1 is 1.25 bits per heavy atom. The molecule has 0 aliphatic carbocycles. The lowest BCUT2D eigenvalue weighted by molar-refractivity contribution is -0.933. The fourth-order valence-corrected chi connectivity index (χ4v) is 2.71. The van der Waals surface area contributed by atoms with E-state index in [0.717, 1.165) is 50.3 Å². The van der Waals surface area contributed by atoms with Crippen LogP contribution in [-0.4, -0.2) is 62.6 Å². The first-order valence-electron chi connectivity index (χ1n) is 5.84. The van der Waals surface area contributed by atoms with Gasteiger partial charge in [0.2, 0.25) is 0 Å². The van der Waals surface area contributed by atoms with Gasteiger partial charge in [0, 0.05) is 5.75 Å². The largest absolute Gasteiger partial charge is 0.748 e. The van der Waals surface area contributed by atoms with Crippen LogP contribution in [0.2, 0.25) is 0 Å². The minimum absolute atomic E-state index is 0.229. The van der Waals surface area contributed by atoms with E-state index in [9.17, 15) is 13.0 Å². The molecule has 0 atom stereocenters. The molecule has 0 aromatic carbocycles. The van der Waals surface area contributed by atoms with Crippen LogP contribution in [0.5, 0.6) is 0 Å². The first-order chi connectivity index (χ1) is 7.47. The van der Waals surface area contributed by atoms with Gasteiger partial charge in [0.15, 0.2) is 0 Å². The van der Waals surface area contributed by atoms with E-state index in [0.29, 0.717) is 6.42 Å². The molecule has 0 bridgehead atoms. The highest BCUT2D eigenvalue weighted by Crippen LogP contribution is 2.13. The Morgan fingerprint density at radius 3 is 2.38 bits per heavy atom. The van der Waals surface area contributed by atoms with Gasteiger partial charge < -0.3 is 13.8 Å². The third kappa shape index (κ3) is 4.78. The third-order valence-electron chi connectivity index (χ3n) is 3.37. The first-order valence-corrected chi connectivity index (χ1v) is 7.42. The fraction of sp³-hybridized carbons (Fsp3) is 1.00. The van der Waals surface area contributed by atoms with Crippen molar-refractivity contribution in [2.24, 2.45) is 0 Å². The van der Waals surface area contributed by atoms with Crippen LogP contribution in [0.15, 0.2) is 0 Å². The van der Waals surface area contributed by atoms with Crippen molar-refractivity contribution in [3.05, 3.63) is 0 Å². The molecule has 0 radical (unpaired) electrons. The van der Waals surface area contributed by atoms with E-state index < -0.39 is 10.1 Å².